The lowest BCUT2D eigenvalue weighted by molar-refractivity contribution is 0.223. The molecule has 2 rings (SSSR count). The SMILES string of the molecule is CCCNCCCN1CCOc2ccccc2C1. The van der Waals surface area contributed by atoms with Crippen molar-refractivity contribution in [3.05, 3.63) is 29.8 Å². The second kappa shape index (κ2) is 7.39. The largest absolute Gasteiger partial charge is 0.492 e. The number of hydrogen-bond acceptors (Lipinski definition) is 3. The molecule has 0 saturated heterocycles. The molecule has 0 atom stereocenters. The van der Waals surface area contributed by atoms with E-state index in [1.165, 1.54) is 18.4 Å². The van der Waals surface area contributed by atoms with Gasteiger partial charge in [-0.15, -0.1) is 0 Å². The standard InChI is InChI=1S/C15H24N2O/c1-2-8-16-9-5-10-17-11-12-18-15-7-4-3-6-14(15)13-17/h3-4,6-7,16H,2,5,8-13H2,1H3. The summed E-state index contributed by atoms with van der Waals surface area (Å²) in [5.41, 5.74) is 1.32. The van der Waals surface area contributed by atoms with Crippen LogP contribution in [0, 0.1) is 0 Å². The Balaban J connectivity index is 1.77. The Labute approximate surface area is 110 Å². The van der Waals surface area contributed by atoms with Gasteiger partial charge in [-0.2, -0.15) is 0 Å². The molecule has 0 spiro atoms. The number of rotatable bonds is 6. The zero-order valence-corrected chi connectivity index (χ0v) is 11.3. The summed E-state index contributed by atoms with van der Waals surface area (Å²) >= 11 is 0. The third-order valence-corrected chi connectivity index (χ3v) is 3.29. The van der Waals surface area contributed by atoms with Gasteiger partial charge in [0.25, 0.3) is 0 Å². The third-order valence-electron chi connectivity index (χ3n) is 3.29. The van der Waals surface area contributed by atoms with Crippen LogP contribution >= 0.6 is 0 Å². The van der Waals surface area contributed by atoms with Crippen molar-refractivity contribution in [3.63, 3.8) is 0 Å². The molecular weight excluding hydrogens is 224 g/mol. The highest BCUT2D eigenvalue weighted by Gasteiger charge is 2.13. The predicted molar refractivity (Wildman–Crippen MR) is 75.0 cm³/mol. The van der Waals surface area contributed by atoms with Gasteiger partial charge in [-0.05, 0) is 38.5 Å². The zero-order chi connectivity index (χ0) is 12.6. The average Bonchev–Trinajstić information content (AvgIpc) is 2.60. The monoisotopic (exact) mass is 248 g/mol. The van der Waals surface area contributed by atoms with E-state index in [0.29, 0.717) is 0 Å². The van der Waals surface area contributed by atoms with Crippen molar-refractivity contribution in [3.8, 4) is 5.75 Å². The molecule has 0 aromatic heterocycles. The Morgan fingerprint density at radius 1 is 1.28 bits per heavy atom. The molecule has 1 aromatic carbocycles. The van der Waals surface area contributed by atoms with Gasteiger partial charge in [0.15, 0.2) is 0 Å². The van der Waals surface area contributed by atoms with Crippen molar-refractivity contribution in [1.82, 2.24) is 10.2 Å². The van der Waals surface area contributed by atoms with Crippen molar-refractivity contribution >= 4 is 0 Å². The van der Waals surface area contributed by atoms with Crippen molar-refractivity contribution in [2.24, 2.45) is 0 Å². The Morgan fingerprint density at radius 3 is 3.06 bits per heavy atom. The lowest BCUT2D eigenvalue weighted by Crippen LogP contribution is -2.29. The van der Waals surface area contributed by atoms with Crippen molar-refractivity contribution in [1.29, 1.82) is 0 Å². The predicted octanol–water partition coefficient (Wildman–Crippen LogP) is 2.27. The number of nitrogens with one attached hydrogen (secondary N) is 1. The first-order chi connectivity index (χ1) is 8.90. The summed E-state index contributed by atoms with van der Waals surface area (Å²) < 4.78 is 5.77. The molecule has 18 heavy (non-hydrogen) atoms. The molecule has 0 amide bonds. The van der Waals surface area contributed by atoms with Gasteiger partial charge >= 0.3 is 0 Å². The Kier molecular flexibility index (Phi) is 5.49. The molecular formula is C15H24N2O. The van der Waals surface area contributed by atoms with Crippen LogP contribution in [0.4, 0.5) is 0 Å². The van der Waals surface area contributed by atoms with E-state index in [1.807, 2.05) is 6.07 Å². The lowest BCUT2D eigenvalue weighted by Gasteiger charge is -2.19. The van der Waals surface area contributed by atoms with Crippen molar-refractivity contribution in [2.45, 2.75) is 26.3 Å². The Hall–Kier alpha value is -1.06. The van der Waals surface area contributed by atoms with Gasteiger partial charge in [0.1, 0.15) is 12.4 Å². The third kappa shape index (κ3) is 4.00. The minimum atomic E-state index is 0.805. The quantitative estimate of drug-likeness (QED) is 0.782. The molecule has 1 heterocycles. The van der Waals surface area contributed by atoms with E-state index in [0.717, 1.165) is 45.1 Å². The molecule has 1 aliphatic rings. The van der Waals surface area contributed by atoms with E-state index in [1.54, 1.807) is 0 Å². The maximum absolute atomic E-state index is 5.77. The molecule has 0 bridgehead atoms. The molecule has 1 aromatic rings. The van der Waals surface area contributed by atoms with Crippen molar-refractivity contribution < 1.29 is 4.74 Å². The van der Waals surface area contributed by atoms with Crippen LogP contribution < -0.4 is 10.1 Å². The van der Waals surface area contributed by atoms with Crippen LogP contribution in [-0.4, -0.2) is 37.7 Å². The molecule has 0 unspecified atom stereocenters. The van der Waals surface area contributed by atoms with Gasteiger partial charge in [-0.3, -0.25) is 4.90 Å². The Morgan fingerprint density at radius 2 is 2.17 bits per heavy atom. The second-order valence-corrected chi connectivity index (χ2v) is 4.84. The molecule has 0 aliphatic carbocycles. The summed E-state index contributed by atoms with van der Waals surface area (Å²) in [5.74, 6) is 1.06. The van der Waals surface area contributed by atoms with Crippen LogP contribution in [0.1, 0.15) is 25.3 Å². The van der Waals surface area contributed by atoms with E-state index in [4.69, 9.17) is 4.74 Å². The first-order valence-corrected chi connectivity index (χ1v) is 7.04. The van der Waals surface area contributed by atoms with Gasteiger partial charge in [0.2, 0.25) is 0 Å². The summed E-state index contributed by atoms with van der Waals surface area (Å²) in [5, 5.41) is 3.45. The molecule has 0 radical (unpaired) electrons. The topological polar surface area (TPSA) is 24.5 Å². The minimum Gasteiger partial charge on any atom is -0.492 e. The van der Waals surface area contributed by atoms with Crippen LogP contribution in [0.2, 0.25) is 0 Å². The van der Waals surface area contributed by atoms with Crippen LogP contribution in [0.25, 0.3) is 0 Å². The fourth-order valence-corrected chi connectivity index (χ4v) is 2.30. The lowest BCUT2D eigenvalue weighted by atomic mass is 10.2. The fraction of sp³-hybridized carbons (Fsp3) is 0.600. The van der Waals surface area contributed by atoms with Crippen molar-refractivity contribution in [2.75, 3.05) is 32.8 Å². The number of fused-ring (bicyclic) bond motifs is 1. The number of para-hydroxylation sites is 1. The van der Waals surface area contributed by atoms with Crippen LogP contribution in [0.15, 0.2) is 24.3 Å². The summed E-state index contributed by atoms with van der Waals surface area (Å²) in [6.45, 7) is 8.45. The molecule has 1 aliphatic heterocycles. The minimum absolute atomic E-state index is 0.805. The molecule has 0 saturated carbocycles. The summed E-state index contributed by atoms with van der Waals surface area (Å²) in [4.78, 5) is 2.49. The first kappa shape index (κ1) is 13.4. The van der Waals surface area contributed by atoms with Crippen LogP contribution in [-0.2, 0) is 6.54 Å². The Bertz CT molecular complexity index is 354. The molecule has 3 heteroatoms. The van der Waals surface area contributed by atoms with E-state index in [2.05, 4.69) is 35.3 Å². The summed E-state index contributed by atoms with van der Waals surface area (Å²) in [6, 6.07) is 8.38. The molecule has 1 N–H and O–H groups in total. The smallest absolute Gasteiger partial charge is 0.123 e. The second-order valence-electron chi connectivity index (χ2n) is 4.84. The maximum atomic E-state index is 5.77. The van der Waals surface area contributed by atoms with E-state index < -0.39 is 0 Å². The average molecular weight is 248 g/mol. The van der Waals surface area contributed by atoms with Gasteiger partial charge in [0, 0.05) is 18.7 Å². The highest BCUT2D eigenvalue weighted by atomic mass is 16.5. The van der Waals surface area contributed by atoms with E-state index >= 15 is 0 Å². The van der Waals surface area contributed by atoms with E-state index in [-0.39, 0.29) is 0 Å². The molecule has 0 fully saturated rings. The van der Waals surface area contributed by atoms with Crippen LogP contribution in [0.3, 0.4) is 0 Å². The summed E-state index contributed by atoms with van der Waals surface area (Å²) in [7, 11) is 0. The number of ether oxygens (including phenoxy) is 1. The van der Waals surface area contributed by atoms with Gasteiger partial charge < -0.3 is 10.1 Å². The number of benzene rings is 1. The highest BCUT2D eigenvalue weighted by molar-refractivity contribution is 5.33. The number of nitrogens with zero attached hydrogens (tertiary/aromatic N) is 1. The number of hydrogen-bond donors (Lipinski definition) is 1. The molecule has 3 nitrogen and oxygen atoms in total. The fourth-order valence-electron chi connectivity index (χ4n) is 2.30. The maximum Gasteiger partial charge on any atom is 0.123 e. The summed E-state index contributed by atoms with van der Waals surface area (Å²) in [6.07, 6.45) is 2.42. The van der Waals surface area contributed by atoms with Crippen LogP contribution in [0.5, 0.6) is 5.75 Å². The first-order valence-electron chi connectivity index (χ1n) is 7.04. The van der Waals surface area contributed by atoms with E-state index in [9.17, 15) is 0 Å². The van der Waals surface area contributed by atoms with Gasteiger partial charge in [-0.25, -0.2) is 0 Å². The molecule has 100 valence electrons. The zero-order valence-electron chi connectivity index (χ0n) is 11.3. The van der Waals surface area contributed by atoms with Gasteiger partial charge in [-0.1, -0.05) is 25.1 Å². The van der Waals surface area contributed by atoms with Gasteiger partial charge in [0.05, 0.1) is 0 Å². The normalized spacial score (nSPS) is 15.8. The highest BCUT2D eigenvalue weighted by Crippen LogP contribution is 2.22.